The maximum Gasteiger partial charge on any atom is 0.148 e. The van der Waals surface area contributed by atoms with Crippen molar-refractivity contribution in [1.82, 2.24) is 9.55 Å². The van der Waals surface area contributed by atoms with Crippen molar-refractivity contribution in [2.24, 2.45) is 5.92 Å². The van der Waals surface area contributed by atoms with Gasteiger partial charge >= 0.3 is 0 Å². The summed E-state index contributed by atoms with van der Waals surface area (Å²) < 4.78 is 7.62. The van der Waals surface area contributed by atoms with Gasteiger partial charge in [-0.25, -0.2) is 4.98 Å². The summed E-state index contributed by atoms with van der Waals surface area (Å²) in [5.74, 6) is 1.99. The summed E-state index contributed by atoms with van der Waals surface area (Å²) in [7, 11) is 0. The highest BCUT2D eigenvalue weighted by Crippen LogP contribution is 2.54. The Balaban J connectivity index is 1.55. The van der Waals surface area contributed by atoms with E-state index in [2.05, 4.69) is 43.5 Å². The van der Waals surface area contributed by atoms with Crippen molar-refractivity contribution in [3.05, 3.63) is 59.9 Å². The fourth-order valence-corrected chi connectivity index (χ4v) is 3.84. The third-order valence-corrected chi connectivity index (χ3v) is 6.11. The van der Waals surface area contributed by atoms with Gasteiger partial charge in [-0.15, -0.1) is 23.2 Å². The van der Waals surface area contributed by atoms with Gasteiger partial charge < -0.3 is 9.30 Å². The van der Waals surface area contributed by atoms with Crippen molar-refractivity contribution in [2.45, 2.75) is 50.1 Å². The average molecular weight is 403 g/mol. The Labute approximate surface area is 170 Å². The van der Waals surface area contributed by atoms with E-state index in [9.17, 15) is 0 Å². The summed E-state index contributed by atoms with van der Waals surface area (Å²) in [6.45, 7) is 7.79. The molecule has 0 amide bonds. The molecule has 142 valence electrons. The van der Waals surface area contributed by atoms with Crippen molar-refractivity contribution in [2.75, 3.05) is 0 Å². The quantitative estimate of drug-likeness (QED) is 0.481. The summed E-state index contributed by atoms with van der Waals surface area (Å²) in [5.41, 5.74) is 3.48. The predicted molar refractivity (Wildman–Crippen MR) is 112 cm³/mol. The molecule has 3 nitrogen and oxygen atoms in total. The molecule has 0 bridgehead atoms. The summed E-state index contributed by atoms with van der Waals surface area (Å²) in [5, 5.41) is 0. The number of alkyl halides is 2. The fraction of sp³-hybridized carbons (Fsp3) is 0.409. The lowest BCUT2D eigenvalue weighted by atomic mass is 9.87. The number of aromatic nitrogens is 2. The Kier molecular flexibility index (Phi) is 4.64. The molecule has 0 saturated heterocycles. The smallest absolute Gasteiger partial charge is 0.148 e. The highest BCUT2D eigenvalue weighted by Gasteiger charge is 2.51. The van der Waals surface area contributed by atoms with Crippen molar-refractivity contribution in [3.8, 4) is 5.75 Å². The second-order valence-electron chi connectivity index (χ2n) is 8.35. The van der Waals surface area contributed by atoms with Gasteiger partial charge in [0.15, 0.2) is 0 Å². The van der Waals surface area contributed by atoms with Gasteiger partial charge in [-0.05, 0) is 41.7 Å². The molecule has 1 aliphatic rings. The molecule has 1 aromatic heterocycles. The monoisotopic (exact) mass is 402 g/mol. The maximum atomic E-state index is 6.25. The number of hydrogen-bond acceptors (Lipinski definition) is 2. The first kappa shape index (κ1) is 18.6. The summed E-state index contributed by atoms with van der Waals surface area (Å²) >= 11 is 12.5. The lowest BCUT2D eigenvalue weighted by Gasteiger charge is -2.19. The van der Waals surface area contributed by atoms with Gasteiger partial charge in [0.1, 0.15) is 22.5 Å². The zero-order valence-electron chi connectivity index (χ0n) is 15.9. The molecular formula is C22H24Cl2N2O. The lowest BCUT2D eigenvalue weighted by Crippen LogP contribution is -2.11. The van der Waals surface area contributed by atoms with Crippen LogP contribution in [0, 0.1) is 5.92 Å². The second kappa shape index (κ2) is 6.72. The van der Waals surface area contributed by atoms with Crippen LogP contribution in [0.15, 0.2) is 48.5 Å². The number of para-hydroxylation sites is 2. The molecule has 1 fully saturated rings. The zero-order valence-corrected chi connectivity index (χ0v) is 17.4. The van der Waals surface area contributed by atoms with Crippen molar-refractivity contribution < 1.29 is 4.74 Å². The van der Waals surface area contributed by atoms with Crippen LogP contribution in [0.25, 0.3) is 11.0 Å². The number of halogens is 2. The highest BCUT2D eigenvalue weighted by molar-refractivity contribution is 6.50. The Hall–Kier alpha value is -1.71. The van der Waals surface area contributed by atoms with Crippen molar-refractivity contribution in [3.63, 3.8) is 0 Å². The van der Waals surface area contributed by atoms with Gasteiger partial charge in [0, 0.05) is 12.5 Å². The van der Waals surface area contributed by atoms with Gasteiger partial charge in [0.2, 0.25) is 0 Å². The second-order valence-corrected chi connectivity index (χ2v) is 9.89. The molecule has 4 rings (SSSR count). The number of benzene rings is 2. The minimum atomic E-state index is -0.605. The van der Waals surface area contributed by atoms with Crippen LogP contribution in [0.1, 0.15) is 38.6 Å². The molecule has 1 unspecified atom stereocenters. The molecule has 1 aliphatic carbocycles. The minimum Gasteiger partial charge on any atom is -0.486 e. The summed E-state index contributed by atoms with van der Waals surface area (Å²) in [6, 6.07) is 16.4. The molecule has 1 saturated carbocycles. The van der Waals surface area contributed by atoms with E-state index in [0.29, 0.717) is 6.61 Å². The number of imidazole rings is 1. The standard InChI is InChI=1S/C22H24Cl2N2O/c1-21(2,3)15-8-10-17(11-9-15)27-14-20-25-18-6-4-5-7-19(18)26(20)13-16-12-22(16,23)24/h4-11,16H,12-14H2,1-3H3. The SMILES string of the molecule is CC(C)(C)c1ccc(OCc2nc3ccccc3n2CC2CC2(Cl)Cl)cc1. The maximum absolute atomic E-state index is 6.25. The average Bonchev–Trinajstić information content (AvgIpc) is 3.07. The number of fused-ring (bicyclic) bond motifs is 1. The number of hydrogen-bond donors (Lipinski definition) is 0. The number of rotatable bonds is 5. The van der Waals surface area contributed by atoms with Gasteiger partial charge in [-0.2, -0.15) is 0 Å². The predicted octanol–water partition coefficient (Wildman–Crippen LogP) is 6.11. The van der Waals surface area contributed by atoms with Crippen LogP contribution in [0.3, 0.4) is 0 Å². The molecule has 0 N–H and O–H groups in total. The first-order chi connectivity index (χ1) is 12.7. The molecule has 2 aromatic carbocycles. The topological polar surface area (TPSA) is 27.1 Å². The first-order valence-electron chi connectivity index (χ1n) is 9.29. The molecule has 0 aliphatic heterocycles. The lowest BCUT2D eigenvalue weighted by molar-refractivity contribution is 0.289. The third kappa shape index (κ3) is 3.95. The molecule has 5 heteroatoms. The molecule has 27 heavy (non-hydrogen) atoms. The third-order valence-electron chi connectivity index (χ3n) is 5.18. The van der Waals surface area contributed by atoms with Crippen LogP contribution in [0.4, 0.5) is 0 Å². The molecular weight excluding hydrogens is 379 g/mol. The van der Waals surface area contributed by atoms with Gasteiger partial charge in [0.25, 0.3) is 0 Å². The molecule has 0 spiro atoms. The molecule has 0 radical (unpaired) electrons. The summed E-state index contributed by atoms with van der Waals surface area (Å²) in [6.07, 6.45) is 0.817. The number of nitrogens with zero attached hydrogens (tertiary/aromatic N) is 2. The van der Waals surface area contributed by atoms with Crippen LogP contribution < -0.4 is 4.74 Å². The Morgan fingerprint density at radius 1 is 1.11 bits per heavy atom. The van der Waals surface area contributed by atoms with E-state index in [0.717, 1.165) is 35.6 Å². The van der Waals surface area contributed by atoms with Crippen LogP contribution in [0.5, 0.6) is 5.75 Å². The summed E-state index contributed by atoms with van der Waals surface area (Å²) in [4.78, 5) is 4.76. The van der Waals surface area contributed by atoms with E-state index in [1.165, 1.54) is 5.56 Å². The van der Waals surface area contributed by atoms with E-state index >= 15 is 0 Å². The molecule has 3 aromatic rings. The van der Waals surface area contributed by atoms with E-state index < -0.39 is 4.33 Å². The van der Waals surface area contributed by atoms with E-state index in [1.54, 1.807) is 0 Å². The van der Waals surface area contributed by atoms with Crippen LogP contribution in [0.2, 0.25) is 0 Å². The normalized spacial score (nSPS) is 18.6. The molecule has 1 heterocycles. The minimum absolute atomic E-state index is 0.131. The molecule has 1 atom stereocenters. The van der Waals surface area contributed by atoms with Crippen LogP contribution in [-0.4, -0.2) is 13.9 Å². The van der Waals surface area contributed by atoms with E-state index in [1.807, 2.05) is 30.3 Å². The van der Waals surface area contributed by atoms with Crippen LogP contribution in [-0.2, 0) is 18.6 Å². The Bertz CT molecular complexity index is 955. The Morgan fingerprint density at radius 3 is 2.41 bits per heavy atom. The number of ether oxygens (including phenoxy) is 1. The van der Waals surface area contributed by atoms with E-state index in [4.69, 9.17) is 32.9 Å². The van der Waals surface area contributed by atoms with E-state index in [-0.39, 0.29) is 11.3 Å². The zero-order chi connectivity index (χ0) is 19.2. The first-order valence-corrected chi connectivity index (χ1v) is 10.0. The largest absolute Gasteiger partial charge is 0.486 e. The van der Waals surface area contributed by atoms with Crippen LogP contribution >= 0.6 is 23.2 Å². The van der Waals surface area contributed by atoms with Crippen molar-refractivity contribution in [1.29, 1.82) is 0 Å². The van der Waals surface area contributed by atoms with Gasteiger partial charge in [-0.3, -0.25) is 0 Å². The van der Waals surface area contributed by atoms with Gasteiger partial charge in [-0.1, -0.05) is 45.0 Å². The van der Waals surface area contributed by atoms with Crippen molar-refractivity contribution >= 4 is 34.2 Å². The Morgan fingerprint density at radius 2 is 1.78 bits per heavy atom. The van der Waals surface area contributed by atoms with Gasteiger partial charge in [0.05, 0.1) is 11.0 Å². The highest BCUT2D eigenvalue weighted by atomic mass is 35.5. The fourth-order valence-electron chi connectivity index (χ4n) is 3.33.